The van der Waals surface area contributed by atoms with Gasteiger partial charge in [0, 0.05) is 32.2 Å². The van der Waals surface area contributed by atoms with Gasteiger partial charge in [-0.3, -0.25) is 29.6 Å². The molecule has 3 rings (SSSR count). The van der Waals surface area contributed by atoms with Crippen LogP contribution in [0, 0.1) is 34.1 Å². The average Bonchev–Trinajstić information content (AvgIpc) is 3.21. The van der Waals surface area contributed by atoms with E-state index in [9.17, 15) is 29.0 Å². The van der Waals surface area contributed by atoms with Gasteiger partial charge in [0.05, 0.1) is 9.85 Å². The Morgan fingerprint density at radius 3 is 1.71 bits per heavy atom. The molecule has 35 heavy (non-hydrogen) atoms. The van der Waals surface area contributed by atoms with Gasteiger partial charge < -0.3 is 9.64 Å². The highest BCUT2D eigenvalue weighted by molar-refractivity contribution is 5.68. The second-order valence-electron chi connectivity index (χ2n) is 7.31. The molecule has 0 bridgehead atoms. The molecule has 0 spiro atoms. The van der Waals surface area contributed by atoms with Gasteiger partial charge in [-0.2, -0.15) is 19.0 Å². The summed E-state index contributed by atoms with van der Waals surface area (Å²) in [6.07, 6.45) is 5.87. The van der Waals surface area contributed by atoms with Gasteiger partial charge in [-0.15, -0.1) is 0 Å². The van der Waals surface area contributed by atoms with E-state index in [0.717, 1.165) is 0 Å². The van der Waals surface area contributed by atoms with Gasteiger partial charge in [0.25, 0.3) is 0 Å². The van der Waals surface area contributed by atoms with E-state index in [1.807, 2.05) is 0 Å². The molecule has 0 radical (unpaired) electrons. The summed E-state index contributed by atoms with van der Waals surface area (Å²) in [5, 5.41) is 31.1. The maximum Gasteiger partial charge on any atom is 0.387 e. The normalized spacial score (nSPS) is 11.6. The minimum atomic E-state index is -2.99. The Balaban J connectivity index is 2.06. The first-order valence-electron chi connectivity index (χ1n) is 10.0. The second-order valence-corrected chi connectivity index (χ2v) is 7.31. The number of halogens is 2. The molecule has 0 atom stereocenters. The zero-order valence-corrected chi connectivity index (χ0v) is 19.1. The number of aromatic nitrogens is 4. The first kappa shape index (κ1) is 25.0. The SMILES string of the molecule is Cc1nn(C)c(/C=C/N(/C=C/c2c([N+](=O)[O-])c(C)nn2C)c2ccc(OC(F)F)cc2)c1[N+](=O)[O-]. The number of ether oxygens (including phenoxy) is 1. The number of hydrogen-bond acceptors (Lipinski definition) is 8. The number of nitrogens with zero attached hydrogens (tertiary/aromatic N) is 7. The van der Waals surface area contributed by atoms with Gasteiger partial charge in [0.1, 0.15) is 28.5 Å². The average molecular weight is 489 g/mol. The van der Waals surface area contributed by atoms with Crippen LogP contribution in [0.3, 0.4) is 0 Å². The molecule has 1 aromatic carbocycles. The van der Waals surface area contributed by atoms with E-state index in [4.69, 9.17) is 0 Å². The van der Waals surface area contributed by atoms with Crippen LogP contribution in [0.5, 0.6) is 5.75 Å². The Morgan fingerprint density at radius 2 is 1.34 bits per heavy atom. The number of alkyl halides is 2. The third-order valence-corrected chi connectivity index (χ3v) is 4.98. The maximum absolute atomic E-state index is 12.5. The number of benzene rings is 1. The van der Waals surface area contributed by atoms with Crippen molar-refractivity contribution >= 4 is 29.2 Å². The van der Waals surface area contributed by atoms with Crippen LogP contribution in [0.25, 0.3) is 12.2 Å². The summed E-state index contributed by atoms with van der Waals surface area (Å²) in [6, 6.07) is 5.61. The third-order valence-electron chi connectivity index (χ3n) is 4.98. The predicted octanol–water partition coefficient (Wildman–Crippen LogP) is 4.34. The van der Waals surface area contributed by atoms with E-state index in [1.54, 1.807) is 14.1 Å². The van der Waals surface area contributed by atoms with E-state index >= 15 is 0 Å². The van der Waals surface area contributed by atoms with Crippen LogP contribution in [0.2, 0.25) is 0 Å². The minimum Gasteiger partial charge on any atom is -0.435 e. The Labute approximate surface area is 197 Å². The zero-order chi connectivity index (χ0) is 25.9. The van der Waals surface area contributed by atoms with E-state index in [0.29, 0.717) is 5.69 Å². The van der Waals surface area contributed by atoms with Crippen LogP contribution in [-0.4, -0.2) is 36.0 Å². The van der Waals surface area contributed by atoms with Crippen molar-refractivity contribution in [1.82, 2.24) is 19.6 Å². The summed E-state index contributed by atoms with van der Waals surface area (Å²) in [5.74, 6) is -0.0625. The molecular formula is C21H21F2N7O5. The Bertz CT molecular complexity index is 1240. The molecule has 12 nitrogen and oxygen atoms in total. The predicted molar refractivity (Wildman–Crippen MR) is 123 cm³/mol. The van der Waals surface area contributed by atoms with Gasteiger partial charge in [-0.05, 0) is 50.3 Å². The molecule has 2 aromatic heterocycles. The summed E-state index contributed by atoms with van der Waals surface area (Å²) in [7, 11) is 3.11. The van der Waals surface area contributed by atoms with Crippen LogP contribution in [0.1, 0.15) is 22.8 Å². The van der Waals surface area contributed by atoms with Crippen LogP contribution in [0.4, 0.5) is 25.8 Å². The maximum atomic E-state index is 12.5. The van der Waals surface area contributed by atoms with Crippen molar-refractivity contribution in [1.29, 1.82) is 0 Å². The molecule has 0 amide bonds. The molecular weight excluding hydrogens is 468 g/mol. The van der Waals surface area contributed by atoms with Crippen LogP contribution < -0.4 is 9.64 Å². The Kier molecular flexibility index (Phi) is 7.22. The highest BCUT2D eigenvalue weighted by atomic mass is 19.3. The molecule has 0 unspecified atom stereocenters. The lowest BCUT2D eigenvalue weighted by molar-refractivity contribution is -0.385. The van der Waals surface area contributed by atoms with E-state index in [-0.39, 0.29) is 39.9 Å². The highest BCUT2D eigenvalue weighted by Gasteiger charge is 2.23. The Morgan fingerprint density at radius 1 is 0.914 bits per heavy atom. The molecule has 0 saturated carbocycles. The van der Waals surface area contributed by atoms with Crippen molar-refractivity contribution in [2.45, 2.75) is 20.5 Å². The lowest BCUT2D eigenvalue weighted by atomic mass is 10.2. The van der Waals surface area contributed by atoms with Gasteiger partial charge in [-0.25, -0.2) is 0 Å². The third kappa shape index (κ3) is 5.48. The van der Waals surface area contributed by atoms with Crippen LogP contribution in [0.15, 0.2) is 36.7 Å². The number of anilines is 1. The summed E-state index contributed by atoms with van der Waals surface area (Å²) < 4.78 is 32.1. The fourth-order valence-corrected chi connectivity index (χ4v) is 3.48. The molecule has 3 aromatic rings. The lowest BCUT2D eigenvalue weighted by Crippen LogP contribution is -2.08. The topological polar surface area (TPSA) is 134 Å². The molecule has 0 N–H and O–H groups in total. The molecule has 0 aliphatic heterocycles. The minimum absolute atomic E-state index is 0.0625. The lowest BCUT2D eigenvalue weighted by Gasteiger charge is -2.16. The first-order valence-corrected chi connectivity index (χ1v) is 10.0. The van der Waals surface area contributed by atoms with Crippen molar-refractivity contribution in [2.75, 3.05) is 4.90 Å². The number of nitro groups is 2. The standard InChI is InChI=1S/C21H21F2N7O5/c1-13-19(29(31)32)17(26(3)24-13)9-11-28(15-5-7-16(8-6-15)35-21(22)23)12-10-18-20(30(33)34)14(2)25-27(18)4/h5-12,21H,1-4H3/b11-9+,12-10+. The fourth-order valence-electron chi connectivity index (χ4n) is 3.48. The molecule has 0 aliphatic rings. The highest BCUT2D eigenvalue weighted by Crippen LogP contribution is 2.28. The fraction of sp³-hybridized carbons (Fsp3) is 0.238. The summed E-state index contributed by atoms with van der Waals surface area (Å²) >= 11 is 0. The number of hydrogen-bond donors (Lipinski definition) is 0. The smallest absolute Gasteiger partial charge is 0.387 e. The quantitative estimate of drug-likeness (QED) is 0.320. The van der Waals surface area contributed by atoms with Crippen molar-refractivity contribution in [3.05, 3.63) is 79.7 Å². The molecule has 0 fully saturated rings. The number of aryl methyl sites for hydroxylation is 4. The van der Waals surface area contributed by atoms with Crippen molar-refractivity contribution in [3.63, 3.8) is 0 Å². The van der Waals surface area contributed by atoms with E-state index in [2.05, 4.69) is 14.9 Å². The first-order chi connectivity index (χ1) is 16.5. The Hall–Kier alpha value is -4.62. The monoisotopic (exact) mass is 489 g/mol. The molecule has 0 saturated heterocycles. The second kappa shape index (κ2) is 10.1. The molecule has 0 aliphatic carbocycles. The molecule has 2 heterocycles. The van der Waals surface area contributed by atoms with Gasteiger partial charge in [0.15, 0.2) is 0 Å². The summed E-state index contributed by atoms with van der Waals surface area (Å²) in [5.41, 5.74) is 0.999. The zero-order valence-electron chi connectivity index (χ0n) is 19.1. The van der Waals surface area contributed by atoms with Crippen molar-refractivity contribution in [2.24, 2.45) is 14.1 Å². The van der Waals surface area contributed by atoms with Crippen molar-refractivity contribution in [3.8, 4) is 5.75 Å². The largest absolute Gasteiger partial charge is 0.435 e. The molecule has 184 valence electrons. The van der Waals surface area contributed by atoms with Crippen LogP contribution >= 0.6 is 0 Å². The van der Waals surface area contributed by atoms with E-state index < -0.39 is 16.5 Å². The number of rotatable bonds is 9. The van der Waals surface area contributed by atoms with Crippen LogP contribution in [-0.2, 0) is 14.1 Å². The van der Waals surface area contributed by atoms with Gasteiger partial charge >= 0.3 is 18.0 Å². The summed E-state index contributed by atoms with van der Waals surface area (Å²) in [4.78, 5) is 23.4. The summed E-state index contributed by atoms with van der Waals surface area (Å²) in [6.45, 7) is 0.0383. The van der Waals surface area contributed by atoms with Gasteiger partial charge in [-0.1, -0.05) is 0 Å². The van der Waals surface area contributed by atoms with Gasteiger partial charge in [0.2, 0.25) is 0 Å². The molecule has 14 heteroatoms. The van der Waals surface area contributed by atoms with Crippen molar-refractivity contribution < 1.29 is 23.4 Å². The van der Waals surface area contributed by atoms with E-state index in [1.165, 1.54) is 76.9 Å².